The number of esters is 1. The van der Waals surface area contributed by atoms with Gasteiger partial charge in [0.1, 0.15) is 0 Å². The van der Waals surface area contributed by atoms with Gasteiger partial charge in [-0.3, -0.25) is 4.79 Å². The van der Waals surface area contributed by atoms with Crippen molar-refractivity contribution in [2.24, 2.45) is 0 Å². The number of methoxy groups -OCH3 is 1. The van der Waals surface area contributed by atoms with Crippen LogP contribution < -0.4 is 0 Å². The molecule has 0 amide bonds. The van der Waals surface area contributed by atoms with Crippen molar-refractivity contribution >= 4 is 11.9 Å². The van der Waals surface area contributed by atoms with Gasteiger partial charge < -0.3 is 9.84 Å². The fraction of sp³-hybridized carbons (Fsp3) is 0.429. The quantitative estimate of drug-likeness (QED) is 0.455. The number of ether oxygens (including phenoxy) is 1. The third-order valence-corrected chi connectivity index (χ3v) is 0.653. The van der Waals surface area contributed by atoms with Gasteiger partial charge in [0.2, 0.25) is 0 Å². The summed E-state index contributed by atoms with van der Waals surface area (Å²) in [5, 5.41) is 7.89. The van der Waals surface area contributed by atoms with Crippen molar-refractivity contribution in [2.75, 3.05) is 7.11 Å². The predicted octanol–water partition coefficient (Wildman–Crippen LogP) is 0.826. The number of hydrogen-bond donors (Lipinski definition) is 1. The summed E-state index contributed by atoms with van der Waals surface area (Å²) in [5.41, 5.74) is 0.176. The van der Waals surface area contributed by atoms with Crippen molar-refractivity contribution in [1.82, 2.24) is 0 Å². The molecule has 0 saturated carbocycles. The Morgan fingerprint density at radius 1 is 1.36 bits per heavy atom. The Labute approximate surface area is 65.5 Å². The maximum absolute atomic E-state index is 9.60. The third kappa shape index (κ3) is 17.7. The van der Waals surface area contributed by atoms with Crippen molar-refractivity contribution in [3.63, 3.8) is 0 Å². The molecule has 1 N–H and O–H groups in total. The number of aliphatic carboxylic acids is 1. The Kier molecular flexibility index (Phi) is 7.64. The van der Waals surface area contributed by atoms with Gasteiger partial charge in [0.25, 0.3) is 0 Å². The molecule has 0 atom stereocenters. The second kappa shape index (κ2) is 6.80. The molecule has 0 rings (SSSR count). The molecule has 4 heteroatoms. The molecular weight excluding hydrogens is 148 g/mol. The fourth-order valence-corrected chi connectivity index (χ4v) is 0. The van der Waals surface area contributed by atoms with E-state index in [4.69, 9.17) is 5.11 Å². The monoisotopic (exact) mass is 160 g/mol. The van der Waals surface area contributed by atoms with Crippen LogP contribution in [0.4, 0.5) is 0 Å². The SMILES string of the molecule is C=C(C)C(=O)O.COC(C)=O. The highest BCUT2D eigenvalue weighted by atomic mass is 16.5. The van der Waals surface area contributed by atoms with Gasteiger partial charge in [0, 0.05) is 12.5 Å². The van der Waals surface area contributed by atoms with Gasteiger partial charge in [0.05, 0.1) is 7.11 Å². The van der Waals surface area contributed by atoms with Crippen LogP contribution in [0, 0.1) is 0 Å². The summed E-state index contributed by atoms with van der Waals surface area (Å²) in [6.45, 7) is 5.96. The van der Waals surface area contributed by atoms with Crippen LogP contribution in [0.5, 0.6) is 0 Å². The third-order valence-electron chi connectivity index (χ3n) is 0.653. The van der Waals surface area contributed by atoms with Gasteiger partial charge >= 0.3 is 11.9 Å². The first kappa shape index (κ1) is 12.4. The molecule has 0 spiro atoms. The van der Waals surface area contributed by atoms with Crippen molar-refractivity contribution in [1.29, 1.82) is 0 Å². The van der Waals surface area contributed by atoms with Gasteiger partial charge in [-0.15, -0.1) is 0 Å². The molecule has 4 nitrogen and oxygen atoms in total. The number of carbonyl (C=O) groups is 2. The first-order valence-corrected chi connectivity index (χ1v) is 2.85. The largest absolute Gasteiger partial charge is 0.478 e. The standard InChI is InChI=1S/C4H6O2.C3H6O2/c1-3(2)4(5)6;1-3(4)5-2/h1H2,2H3,(H,5,6);1-2H3. The highest BCUT2D eigenvalue weighted by Gasteiger charge is 1.90. The van der Waals surface area contributed by atoms with Gasteiger partial charge in [-0.2, -0.15) is 0 Å². The van der Waals surface area contributed by atoms with E-state index in [1.165, 1.54) is 21.0 Å². The molecule has 0 fully saturated rings. The van der Waals surface area contributed by atoms with E-state index >= 15 is 0 Å². The number of carboxylic acids is 1. The highest BCUT2D eigenvalue weighted by Crippen LogP contribution is 1.81. The number of carbonyl (C=O) groups excluding carboxylic acids is 1. The summed E-state index contributed by atoms with van der Waals surface area (Å²) < 4.78 is 4.11. The van der Waals surface area contributed by atoms with Gasteiger partial charge in [-0.25, -0.2) is 4.79 Å². The topological polar surface area (TPSA) is 63.6 Å². The highest BCUT2D eigenvalue weighted by molar-refractivity contribution is 5.84. The van der Waals surface area contributed by atoms with Gasteiger partial charge in [0.15, 0.2) is 0 Å². The number of hydrogen-bond acceptors (Lipinski definition) is 3. The molecule has 0 radical (unpaired) electrons. The van der Waals surface area contributed by atoms with Crippen LogP contribution in [-0.4, -0.2) is 24.2 Å². The molecule has 0 aromatic rings. The molecule has 0 aliphatic heterocycles. The van der Waals surface area contributed by atoms with Crippen LogP contribution in [0.3, 0.4) is 0 Å². The zero-order valence-electron chi connectivity index (χ0n) is 6.88. The first-order chi connectivity index (χ1) is 4.91. The Morgan fingerprint density at radius 3 is 1.55 bits per heavy atom. The zero-order valence-corrected chi connectivity index (χ0v) is 6.88. The minimum absolute atomic E-state index is 0.176. The lowest BCUT2D eigenvalue weighted by Crippen LogP contribution is -1.92. The Balaban J connectivity index is 0. The smallest absolute Gasteiger partial charge is 0.330 e. The molecule has 0 heterocycles. The van der Waals surface area contributed by atoms with Crippen LogP contribution in [0.1, 0.15) is 13.8 Å². The van der Waals surface area contributed by atoms with Gasteiger partial charge in [-0.05, 0) is 6.92 Å². The van der Waals surface area contributed by atoms with E-state index in [1.807, 2.05) is 0 Å². The average Bonchev–Trinajstić information content (AvgIpc) is 1.89. The molecule has 0 bridgehead atoms. The molecule has 0 aromatic carbocycles. The van der Waals surface area contributed by atoms with Crippen molar-refractivity contribution in [2.45, 2.75) is 13.8 Å². The molecule has 0 unspecified atom stereocenters. The second-order valence-electron chi connectivity index (χ2n) is 1.78. The van der Waals surface area contributed by atoms with E-state index in [-0.39, 0.29) is 11.5 Å². The van der Waals surface area contributed by atoms with E-state index in [0.29, 0.717) is 0 Å². The normalized spacial score (nSPS) is 7.18. The van der Waals surface area contributed by atoms with E-state index < -0.39 is 5.97 Å². The molecule has 11 heavy (non-hydrogen) atoms. The lowest BCUT2D eigenvalue weighted by Gasteiger charge is -1.80. The van der Waals surface area contributed by atoms with E-state index in [9.17, 15) is 9.59 Å². The Morgan fingerprint density at radius 2 is 1.55 bits per heavy atom. The molecule has 0 aromatic heterocycles. The lowest BCUT2D eigenvalue weighted by molar-refractivity contribution is -0.138. The van der Waals surface area contributed by atoms with Crippen LogP contribution >= 0.6 is 0 Å². The molecule has 64 valence electrons. The van der Waals surface area contributed by atoms with Crippen LogP contribution in [-0.2, 0) is 14.3 Å². The number of rotatable bonds is 1. The second-order valence-corrected chi connectivity index (χ2v) is 1.78. The van der Waals surface area contributed by atoms with E-state index in [2.05, 4.69) is 11.3 Å². The summed E-state index contributed by atoms with van der Waals surface area (Å²) in [5.74, 6) is -1.18. The average molecular weight is 160 g/mol. The summed E-state index contributed by atoms with van der Waals surface area (Å²) in [6, 6.07) is 0. The summed E-state index contributed by atoms with van der Waals surface area (Å²) >= 11 is 0. The van der Waals surface area contributed by atoms with E-state index in [1.54, 1.807) is 0 Å². The Hall–Kier alpha value is -1.32. The summed E-state index contributed by atoms with van der Waals surface area (Å²) in [4.78, 5) is 19.2. The minimum atomic E-state index is -0.935. The summed E-state index contributed by atoms with van der Waals surface area (Å²) in [6.07, 6.45) is 0. The first-order valence-electron chi connectivity index (χ1n) is 2.85. The van der Waals surface area contributed by atoms with Crippen molar-refractivity contribution in [3.05, 3.63) is 12.2 Å². The van der Waals surface area contributed by atoms with Gasteiger partial charge in [-0.1, -0.05) is 6.58 Å². The minimum Gasteiger partial charge on any atom is -0.478 e. The van der Waals surface area contributed by atoms with E-state index in [0.717, 1.165) is 0 Å². The maximum atomic E-state index is 9.60. The molecular formula is C7H12O4. The molecule has 0 aliphatic carbocycles. The van der Waals surface area contributed by atoms with Crippen molar-refractivity contribution < 1.29 is 19.4 Å². The van der Waals surface area contributed by atoms with Crippen LogP contribution in [0.2, 0.25) is 0 Å². The maximum Gasteiger partial charge on any atom is 0.330 e. The number of carboxylic acid groups (broad SMARTS) is 1. The summed E-state index contributed by atoms with van der Waals surface area (Å²) in [7, 11) is 1.35. The lowest BCUT2D eigenvalue weighted by atomic mass is 10.4. The Bertz CT molecular complexity index is 148. The molecule has 0 saturated heterocycles. The van der Waals surface area contributed by atoms with Crippen LogP contribution in [0.15, 0.2) is 12.2 Å². The van der Waals surface area contributed by atoms with Crippen LogP contribution in [0.25, 0.3) is 0 Å². The molecule has 0 aliphatic rings. The predicted molar refractivity (Wildman–Crippen MR) is 40.1 cm³/mol. The fourth-order valence-electron chi connectivity index (χ4n) is 0. The van der Waals surface area contributed by atoms with Crippen molar-refractivity contribution in [3.8, 4) is 0 Å². The zero-order chi connectivity index (χ0) is 9.44.